The molecule has 0 aliphatic rings. The third kappa shape index (κ3) is 8.42. The van der Waals surface area contributed by atoms with Gasteiger partial charge in [0.1, 0.15) is 23.0 Å². The summed E-state index contributed by atoms with van der Waals surface area (Å²) in [5.41, 5.74) is 7.38. The van der Waals surface area contributed by atoms with Crippen molar-refractivity contribution < 1.29 is 20.4 Å². The Hall–Kier alpha value is -4.18. The largest absolute Gasteiger partial charge is 0.508 e. The number of phenolic OH excluding ortho intramolecular Hbond substituents is 4. The summed E-state index contributed by atoms with van der Waals surface area (Å²) in [5, 5.41) is 37.8. The van der Waals surface area contributed by atoms with Crippen molar-refractivity contribution in [2.75, 3.05) is 0 Å². The smallest absolute Gasteiger partial charge is 0.115 e. The molecule has 4 aromatic rings. The quantitative estimate of drug-likeness (QED) is 0.144. The fourth-order valence-electron chi connectivity index (χ4n) is 6.03. The van der Waals surface area contributed by atoms with Crippen molar-refractivity contribution in [3.05, 3.63) is 119 Å². The Labute approximate surface area is 251 Å². The highest BCUT2D eigenvalue weighted by molar-refractivity contribution is 5.90. The van der Waals surface area contributed by atoms with Crippen LogP contribution in [-0.4, -0.2) is 20.4 Å². The molecule has 0 saturated carbocycles. The summed E-state index contributed by atoms with van der Waals surface area (Å²) in [6.07, 6.45) is 4.02. The molecule has 0 fully saturated rings. The highest BCUT2D eigenvalue weighted by Gasteiger charge is 2.26. The van der Waals surface area contributed by atoms with Crippen LogP contribution in [0.5, 0.6) is 23.0 Å². The van der Waals surface area contributed by atoms with E-state index in [0.29, 0.717) is 29.3 Å². The van der Waals surface area contributed by atoms with E-state index in [2.05, 4.69) is 34.6 Å². The molecule has 222 valence electrons. The Morgan fingerprint density at radius 2 is 0.810 bits per heavy atom. The van der Waals surface area contributed by atoms with Gasteiger partial charge in [0.2, 0.25) is 0 Å². The van der Waals surface area contributed by atoms with Gasteiger partial charge in [-0.2, -0.15) is 0 Å². The lowest BCUT2D eigenvalue weighted by atomic mass is 9.73. The molecule has 0 aromatic heterocycles. The summed E-state index contributed by atoms with van der Waals surface area (Å²) >= 11 is 0. The monoisotopic (exact) mass is 566 g/mol. The van der Waals surface area contributed by atoms with Gasteiger partial charge in [0.25, 0.3) is 0 Å². The maximum absolute atomic E-state index is 9.50. The van der Waals surface area contributed by atoms with E-state index < -0.39 is 0 Å². The van der Waals surface area contributed by atoms with Gasteiger partial charge in [-0.15, -0.1) is 0 Å². The second-order valence-electron chi connectivity index (χ2n) is 10.8. The normalized spacial score (nSPS) is 13.7. The topological polar surface area (TPSA) is 80.9 Å². The van der Waals surface area contributed by atoms with Crippen LogP contribution in [-0.2, 0) is 0 Å². The first-order valence-corrected chi connectivity index (χ1v) is 15.1. The van der Waals surface area contributed by atoms with Crippen molar-refractivity contribution in [3.8, 4) is 23.0 Å². The fourth-order valence-corrected chi connectivity index (χ4v) is 6.03. The van der Waals surface area contributed by atoms with Crippen molar-refractivity contribution in [1.29, 1.82) is 0 Å². The molecule has 4 rings (SSSR count). The lowest BCUT2D eigenvalue weighted by Gasteiger charge is -2.31. The van der Waals surface area contributed by atoms with E-state index >= 15 is 0 Å². The van der Waals surface area contributed by atoms with Gasteiger partial charge in [0.05, 0.1) is 0 Å². The van der Waals surface area contributed by atoms with Gasteiger partial charge in [-0.05, 0) is 119 Å². The Kier molecular flexibility index (Phi) is 12.1. The summed E-state index contributed by atoms with van der Waals surface area (Å²) < 4.78 is 0. The highest BCUT2D eigenvalue weighted by Crippen LogP contribution is 2.40. The molecule has 0 aliphatic carbocycles. The van der Waals surface area contributed by atoms with E-state index in [1.54, 1.807) is 48.5 Å². The second kappa shape index (κ2) is 15.7. The van der Waals surface area contributed by atoms with E-state index in [0.717, 1.165) is 36.8 Å². The van der Waals surface area contributed by atoms with Crippen molar-refractivity contribution in [2.24, 2.45) is 5.92 Å². The molecule has 0 bridgehead atoms. The van der Waals surface area contributed by atoms with Crippen LogP contribution in [0.3, 0.4) is 0 Å². The first-order chi connectivity index (χ1) is 20.2. The number of phenols is 4. The van der Waals surface area contributed by atoms with Crippen molar-refractivity contribution in [2.45, 2.75) is 72.1 Å². The first-order valence-electron chi connectivity index (χ1n) is 15.1. The first kappa shape index (κ1) is 32.3. The molecule has 0 amide bonds. The molecule has 0 spiro atoms. The van der Waals surface area contributed by atoms with E-state index in [4.69, 9.17) is 0 Å². The molecular weight excluding hydrogens is 520 g/mol. The summed E-state index contributed by atoms with van der Waals surface area (Å²) in [7, 11) is 0. The van der Waals surface area contributed by atoms with Gasteiger partial charge in [-0.3, -0.25) is 0 Å². The van der Waals surface area contributed by atoms with Gasteiger partial charge >= 0.3 is 0 Å². The maximum atomic E-state index is 9.50. The Morgan fingerprint density at radius 1 is 0.476 bits per heavy atom. The lowest BCUT2D eigenvalue weighted by molar-refractivity contribution is 0.345. The van der Waals surface area contributed by atoms with Crippen LogP contribution in [0.15, 0.2) is 97.1 Å². The van der Waals surface area contributed by atoms with E-state index in [-0.39, 0.29) is 11.5 Å². The molecule has 4 N–H and O–H groups in total. The van der Waals surface area contributed by atoms with Crippen molar-refractivity contribution in [3.63, 3.8) is 0 Å². The zero-order chi connectivity index (χ0) is 30.6. The lowest BCUT2D eigenvalue weighted by Crippen LogP contribution is -2.18. The van der Waals surface area contributed by atoms with Crippen molar-refractivity contribution in [1.82, 2.24) is 0 Å². The standard InChI is InChI=1S/C20H26O2.C18H20O2/c1-4-19(14(3)15-6-10-17(21)11-7-15)20(5-2)16-8-12-18(22)13-9-16;1-3-17(13-5-9-15(19)10-6-13)18(4-2)14-7-11-16(20)12-8-14/h6-14,19-22H,4-5H2,1-3H3;5-12,19-20H,3-4H2,1-2H3/b;18-17+. The van der Waals surface area contributed by atoms with Crippen LogP contribution in [0.2, 0.25) is 0 Å². The number of hydrogen-bond donors (Lipinski definition) is 4. The summed E-state index contributed by atoms with van der Waals surface area (Å²) in [5.74, 6) is 2.62. The molecule has 3 unspecified atom stereocenters. The average molecular weight is 567 g/mol. The van der Waals surface area contributed by atoms with Crippen LogP contribution in [0, 0.1) is 5.92 Å². The van der Waals surface area contributed by atoms with Crippen LogP contribution in [0.25, 0.3) is 11.1 Å². The number of benzene rings is 4. The zero-order valence-corrected chi connectivity index (χ0v) is 25.6. The molecule has 4 aromatic carbocycles. The zero-order valence-electron chi connectivity index (χ0n) is 25.6. The molecule has 4 nitrogen and oxygen atoms in total. The van der Waals surface area contributed by atoms with E-state index in [9.17, 15) is 20.4 Å². The second-order valence-corrected chi connectivity index (χ2v) is 10.8. The van der Waals surface area contributed by atoms with Gasteiger partial charge in [0, 0.05) is 0 Å². The van der Waals surface area contributed by atoms with Crippen molar-refractivity contribution >= 4 is 11.1 Å². The average Bonchev–Trinajstić information content (AvgIpc) is 3.01. The molecule has 0 aliphatic heterocycles. The molecule has 0 heterocycles. The molecule has 0 radical (unpaired) electrons. The SMILES string of the molecule is CC/C(=C(/CC)c1ccc(O)cc1)c1ccc(O)cc1.CCC(c1ccc(O)cc1)C(CC)C(C)c1ccc(O)cc1. The van der Waals surface area contributed by atoms with Gasteiger partial charge in [0.15, 0.2) is 0 Å². The van der Waals surface area contributed by atoms with Gasteiger partial charge < -0.3 is 20.4 Å². The molecule has 42 heavy (non-hydrogen) atoms. The van der Waals surface area contributed by atoms with Crippen LogP contribution < -0.4 is 0 Å². The van der Waals surface area contributed by atoms with Crippen LogP contribution >= 0.6 is 0 Å². The minimum absolute atomic E-state index is 0.284. The predicted molar refractivity (Wildman–Crippen MR) is 175 cm³/mol. The molecule has 0 saturated heterocycles. The Bertz CT molecular complexity index is 1330. The minimum Gasteiger partial charge on any atom is -0.508 e. The molecular formula is C38H46O4. The summed E-state index contributed by atoms with van der Waals surface area (Å²) in [6, 6.07) is 29.9. The molecule has 4 heteroatoms. The Balaban J connectivity index is 0.000000231. The Morgan fingerprint density at radius 3 is 1.12 bits per heavy atom. The maximum Gasteiger partial charge on any atom is 0.115 e. The summed E-state index contributed by atoms with van der Waals surface area (Å²) in [6.45, 7) is 11.0. The third-order valence-corrected chi connectivity index (χ3v) is 8.31. The number of hydrogen-bond acceptors (Lipinski definition) is 4. The highest BCUT2D eigenvalue weighted by atomic mass is 16.3. The summed E-state index contributed by atoms with van der Waals surface area (Å²) in [4.78, 5) is 0. The minimum atomic E-state index is 0.284. The number of aromatic hydroxyl groups is 4. The van der Waals surface area contributed by atoms with E-state index in [1.165, 1.54) is 22.3 Å². The fraction of sp³-hybridized carbons (Fsp3) is 0.316. The third-order valence-electron chi connectivity index (χ3n) is 8.31. The van der Waals surface area contributed by atoms with Crippen LogP contribution in [0.1, 0.15) is 94.4 Å². The van der Waals surface area contributed by atoms with E-state index in [1.807, 2.05) is 48.5 Å². The molecule has 3 atom stereocenters. The van der Waals surface area contributed by atoms with Gasteiger partial charge in [-0.25, -0.2) is 0 Å². The number of allylic oxidation sites excluding steroid dienone is 2. The van der Waals surface area contributed by atoms with Crippen LogP contribution in [0.4, 0.5) is 0 Å². The van der Waals surface area contributed by atoms with Gasteiger partial charge in [-0.1, -0.05) is 89.6 Å². The predicted octanol–water partition coefficient (Wildman–Crippen LogP) is 10.2. The number of rotatable bonds is 10.